The molecule has 5 heteroatoms. The third-order valence-corrected chi connectivity index (χ3v) is 2.54. The second kappa shape index (κ2) is 4.49. The number of hydrogen-bond acceptors (Lipinski definition) is 5. The minimum absolute atomic E-state index is 0.0539. The lowest BCUT2D eigenvalue weighted by Gasteiger charge is -2.02. The topological polar surface area (TPSA) is 64.1 Å². The smallest absolute Gasteiger partial charge is 0.251 e. The fourth-order valence-corrected chi connectivity index (χ4v) is 1.45. The van der Waals surface area contributed by atoms with E-state index >= 15 is 0 Å². The van der Waals surface area contributed by atoms with Crippen LogP contribution in [0.2, 0.25) is 0 Å². The van der Waals surface area contributed by atoms with Crippen molar-refractivity contribution in [1.29, 1.82) is 0 Å². The molecule has 0 amide bonds. The number of aryl methyl sites for hydroxylation is 1. The molecule has 1 N–H and O–H groups in total. The molecule has 2 heterocycles. The number of furan rings is 1. The molecule has 0 spiro atoms. The van der Waals surface area contributed by atoms with E-state index in [4.69, 9.17) is 8.83 Å². The molecule has 5 nitrogen and oxygen atoms in total. The summed E-state index contributed by atoms with van der Waals surface area (Å²) in [6.45, 7) is 3.99. The predicted octanol–water partition coefficient (Wildman–Crippen LogP) is 2.17. The van der Waals surface area contributed by atoms with Gasteiger partial charge in [0.25, 0.3) is 5.89 Å². The SMILES string of the molecule is CCc1occc1-c1nnc(C(C)NC)o1. The van der Waals surface area contributed by atoms with Crippen LogP contribution in [0.15, 0.2) is 21.2 Å². The Labute approximate surface area is 93.9 Å². The number of aromatic nitrogens is 2. The summed E-state index contributed by atoms with van der Waals surface area (Å²) in [7, 11) is 1.85. The Kier molecular flexibility index (Phi) is 3.05. The van der Waals surface area contributed by atoms with E-state index in [1.54, 1.807) is 6.26 Å². The number of hydrogen-bond donors (Lipinski definition) is 1. The molecule has 0 aliphatic carbocycles. The zero-order valence-electron chi connectivity index (χ0n) is 9.65. The molecule has 0 aliphatic heterocycles. The van der Waals surface area contributed by atoms with E-state index in [0.717, 1.165) is 17.7 Å². The van der Waals surface area contributed by atoms with E-state index < -0.39 is 0 Å². The molecule has 0 fully saturated rings. The van der Waals surface area contributed by atoms with E-state index in [9.17, 15) is 0 Å². The third kappa shape index (κ3) is 1.86. The van der Waals surface area contributed by atoms with Gasteiger partial charge in [-0.2, -0.15) is 0 Å². The van der Waals surface area contributed by atoms with E-state index in [-0.39, 0.29) is 6.04 Å². The van der Waals surface area contributed by atoms with Crippen LogP contribution < -0.4 is 5.32 Å². The van der Waals surface area contributed by atoms with Gasteiger partial charge in [-0.1, -0.05) is 6.92 Å². The highest BCUT2D eigenvalue weighted by molar-refractivity contribution is 5.54. The lowest BCUT2D eigenvalue weighted by molar-refractivity contribution is 0.439. The molecular weight excluding hydrogens is 206 g/mol. The van der Waals surface area contributed by atoms with Gasteiger partial charge in [0.1, 0.15) is 5.76 Å². The summed E-state index contributed by atoms with van der Waals surface area (Å²) < 4.78 is 10.9. The van der Waals surface area contributed by atoms with Gasteiger partial charge in [0, 0.05) is 6.42 Å². The first-order valence-corrected chi connectivity index (χ1v) is 5.33. The Balaban J connectivity index is 2.31. The van der Waals surface area contributed by atoms with Crippen LogP contribution in [-0.2, 0) is 6.42 Å². The molecule has 0 saturated heterocycles. The van der Waals surface area contributed by atoms with Crippen LogP contribution in [0.5, 0.6) is 0 Å². The Morgan fingerprint density at radius 3 is 2.94 bits per heavy atom. The molecule has 16 heavy (non-hydrogen) atoms. The Morgan fingerprint density at radius 2 is 2.25 bits per heavy atom. The van der Waals surface area contributed by atoms with Crippen molar-refractivity contribution >= 4 is 0 Å². The van der Waals surface area contributed by atoms with Crippen LogP contribution >= 0.6 is 0 Å². The lowest BCUT2D eigenvalue weighted by Crippen LogP contribution is -2.12. The van der Waals surface area contributed by atoms with E-state index in [2.05, 4.69) is 15.5 Å². The second-order valence-corrected chi connectivity index (χ2v) is 3.57. The number of nitrogens with zero attached hydrogens (tertiary/aromatic N) is 2. The summed E-state index contributed by atoms with van der Waals surface area (Å²) in [5.41, 5.74) is 0.879. The van der Waals surface area contributed by atoms with Gasteiger partial charge in [0.15, 0.2) is 0 Å². The second-order valence-electron chi connectivity index (χ2n) is 3.57. The summed E-state index contributed by atoms with van der Waals surface area (Å²) in [6.07, 6.45) is 2.45. The van der Waals surface area contributed by atoms with Crippen LogP contribution in [0.1, 0.15) is 31.5 Å². The summed E-state index contributed by atoms with van der Waals surface area (Å²) >= 11 is 0. The summed E-state index contributed by atoms with van der Waals surface area (Å²) in [5, 5.41) is 11.1. The molecule has 0 radical (unpaired) electrons. The maximum Gasteiger partial charge on any atom is 0.251 e. The molecule has 0 saturated carbocycles. The summed E-state index contributed by atoms with van der Waals surface area (Å²) in [5.74, 6) is 1.97. The highest BCUT2D eigenvalue weighted by atomic mass is 16.4. The molecule has 2 aromatic rings. The molecule has 86 valence electrons. The molecule has 2 aromatic heterocycles. The first-order chi connectivity index (χ1) is 7.76. The highest BCUT2D eigenvalue weighted by Gasteiger charge is 2.16. The van der Waals surface area contributed by atoms with Gasteiger partial charge in [-0.3, -0.25) is 0 Å². The minimum Gasteiger partial charge on any atom is -0.469 e. The molecule has 0 aliphatic rings. The number of nitrogens with one attached hydrogen (secondary N) is 1. The van der Waals surface area contributed by atoms with Crippen molar-refractivity contribution in [2.24, 2.45) is 0 Å². The highest BCUT2D eigenvalue weighted by Crippen LogP contribution is 2.25. The Morgan fingerprint density at radius 1 is 1.44 bits per heavy atom. The number of rotatable bonds is 4. The van der Waals surface area contributed by atoms with Crippen molar-refractivity contribution in [3.05, 3.63) is 24.0 Å². The third-order valence-electron chi connectivity index (χ3n) is 2.54. The average Bonchev–Trinajstić information content (AvgIpc) is 2.95. The summed E-state index contributed by atoms with van der Waals surface area (Å²) in [6, 6.07) is 1.90. The van der Waals surface area contributed by atoms with Gasteiger partial charge < -0.3 is 14.2 Å². The monoisotopic (exact) mass is 221 g/mol. The van der Waals surface area contributed by atoms with Crippen LogP contribution in [0.25, 0.3) is 11.5 Å². The Hall–Kier alpha value is -1.62. The van der Waals surface area contributed by atoms with Gasteiger partial charge in [0.2, 0.25) is 5.89 Å². The molecule has 1 atom stereocenters. The molecule has 0 bridgehead atoms. The van der Waals surface area contributed by atoms with Gasteiger partial charge in [-0.05, 0) is 20.0 Å². The van der Waals surface area contributed by atoms with Crippen LogP contribution in [-0.4, -0.2) is 17.2 Å². The average molecular weight is 221 g/mol. The Bertz CT molecular complexity index is 461. The maximum atomic E-state index is 5.58. The zero-order valence-corrected chi connectivity index (χ0v) is 9.65. The van der Waals surface area contributed by atoms with Crippen molar-refractivity contribution in [3.8, 4) is 11.5 Å². The first-order valence-electron chi connectivity index (χ1n) is 5.33. The van der Waals surface area contributed by atoms with Crippen molar-refractivity contribution in [1.82, 2.24) is 15.5 Å². The molecular formula is C11H15N3O2. The van der Waals surface area contributed by atoms with E-state index in [0.29, 0.717) is 11.8 Å². The van der Waals surface area contributed by atoms with Gasteiger partial charge in [-0.15, -0.1) is 10.2 Å². The van der Waals surface area contributed by atoms with Crippen LogP contribution in [0, 0.1) is 0 Å². The summed E-state index contributed by atoms with van der Waals surface area (Å²) in [4.78, 5) is 0. The van der Waals surface area contributed by atoms with Crippen LogP contribution in [0.3, 0.4) is 0 Å². The van der Waals surface area contributed by atoms with Crippen molar-refractivity contribution in [3.63, 3.8) is 0 Å². The van der Waals surface area contributed by atoms with Gasteiger partial charge in [0.05, 0.1) is 17.9 Å². The predicted molar refractivity (Wildman–Crippen MR) is 58.9 cm³/mol. The van der Waals surface area contributed by atoms with Gasteiger partial charge in [-0.25, -0.2) is 0 Å². The first kappa shape index (κ1) is 10.9. The quantitative estimate of drug-likeness (QED) is 0.857. The lowest BCUT2D eigenvalue weighted by atomic mass is 10.2. The molecule has 1 unspecified atom stereocenters. The zero-order chi connectivity index (χ0) is 11.5. The maximum absolute atomic E-state index is 5.58. The fraction of sp³-hybridized carbons (Fsp3) is 0.455. The van der Waals surface area contributed by atoms with Gasteiger partial charge >= 0.3 is 0 Å². The van der Waals surface area contributed by atoms with Crippen molar-refractivity contribution < 1.29 is 8.83 Å². The van der Waals surface area contributed by atoms with Crippen LogP contribution in [0.4, 0.5) is 0 Å². The standard InChI is InChI=1S/C11H15N3O2/c1-4-9-8(5-6-15-9)11-14-13-10(16-11)7(2)12-3/h5-7,12H,4H2,1-3H3. The van der Waals surface area contributed by atoms with Crippen molar-refractivity contribution in [2.45, 2.75) is 26.3 Å². The van der Waals surface area contributed by atoms with E-state index in [1.807, 2.05) is 27.0 Å². The molecule has 0 aromatic carbocycles. The largest absolute Gasteiger partial charge is 0.469 e. The fourth-order valence-electron chi connectivity index (χ4n) is 1.45. The normalized spacial score (nSPS) is 12.9. The molecule has 2 rings (SSSR count). The minimum atomic E-state index is 0.0539. The van der Waals surface area contributed by atoms with Crippen molar-refractivity contribution in [2.75, 3.05) is 7.05 Å². The van der Waals surface area contributed by atoms with E-state index in [1.165, 1.54) is 0 Å².